The summed E-state index contributed by atoms with van der Waals surface area (Å²) < 4.78 is 6.38. The molecule has 3 saturated heterocycles. The number of hydrogen-bond acceptors (Lipinski definition) is 4. The lowest BCUT2D eigenvalue weighted by Gasteiger charge is -2.51. The second kappa shape index (κ2) is 7.38. The summed E-state index contributed by atoms with van der Waals surface area (Å²) in [5, 5.41) is 11.3. The molecule has 4 heteroatoms. The van der Waals surface area contributed by atoms with Gasteiger partial charge in [-0.1, -0.05) is 17.7 Å². The first-order valence-corrected chi connectivity index (χ1v) is 10.8. The quantitative estimate of drug-likeness (QED) is 0.877. The lowest BCUT2D eigenvalue weighted by molar-refractivity contribution is -0.167. The van der Waals surface area contributed by atoms with Crippen LogP contribution >= 0.6 is 0 Å². The minimum atomic E-state index is -0.559. The van der Waals surface area contributed by atoms with Crippen LogP contribution in [0.2, 0.25) is 0 Å². The number of aryl methyl sites for hydroxylation is 1. The Hall–Kier alpha value is -1.10. The number of anilines is 1. The van der Waals surface area contributed by atoms with Crippen molar-refractivity contribution in [3.8, 4) is 0 Å². The molecule has 0 aromatic heterocycles. The van der Waals surface area contributed by atoms with E-state index in [1.54, 1.807) is 0 Å². The Balaban J connectivity index is 1.36. The Morgan fingerprint density at radius 2 is 1.74 bits per heavy atom. The summed E-state index contributed by atoms with van der Waals surface area (Å²) in [6, 6.07) is 9.25. The van der Waals surface area contributed by atoms with Gasteiger partial charge in [-0.05, 0) is 78.0 Å². The van der Waals surface area contributed by atoms with Gasteiger partial charge in [-0.15, -0.1) is 0 Å². The van der Waals surface area contributed by atoms with E-state index >= 15 is 0 Å². The fourth-order valence-corrected chi connectivity index (χ4v) is 5.23. The van der Waals surface area contributed by atoms with E-state index in [4.69, 9.17) is 4.74 Å². The summed E-state index contributed by atoms with van der Waals surface area (Å²) in [6.07, 6.45) is 6.71. The fourth-order valence-electron chi connectivity index (χ4n) is 5.23. The van der Waals surface area contributed by atoms with Crippen LogP contribution < -0.4 is 4.90 Å². The number of nitrogens with zero attached hydrogens (tertiary/aromatic N) is 2. The molecule has 1 aromatic rings. The highest BCUT2D eigenvalue weighted by molar-refractivity contribution is 5.48. The number of hydrogen-bond donors (Lipinski definition) is 1. The average Bonchev–Trinajstić information content (AvgIpc) is 2.62. The number of benzene rings is 1. The normalized spacial score (nSPS) is 30.7. The van der Waals surface area contributed by atoms with Gasteiger partial charge in [0.15, 0.2) is 0 Å². The minimum Gasteiger partial charge on any atom is -0.388 e. The van der Waals surface area contributed by atoms with Gasteiger partial charge in [-0.2, -0.15) is 0 Å². The first-order valence-electron chi connectivity index (χ1n) is 10.8. The molecule has 4 nitrogen and oxygen atoms in total. The van der Waals surface area contributed by atoms with E-state index in [-0.39, 0.29) is 5.60 Å². The molecule has 0 unspecified atom stereocenters. The Morgan fingerprint density at radius 3 is 2.44 bits per heavy atom. The van der Waals surface area contributed by atoms with Crippen LogP contribution in [0.3, 0.4) is 0 Å². The van der Waals surface area contributed by atoms with Crippen LogP contribution in [-0.2, 0) is 4.74 Å². The van der Waals surface area contributed by atoms with Gasteiger partial charge in [0.25, 0.3) is 0 Å². The summed E-state index contributed by atoms with van der Waals surface area (Å²) in [5.74, 6) is 0. The highest BCUT2D eigenvalue weighted by Gasteiger charge is 2.43. The van der Waals surface area contributed by atoms with E-state index in [9.17, 15) is 5.11 Å². The molecule has 3 aliphatic rings. The van der Waals surface area contributed by atoms with E-state index in [0.29, 0.717) is 12.1 Å². The third kappa shape index (κ3) is 4.33. The molecule has 0 radical (unpaired) electrons. The number of piperidine rings is 2. The van der Waals surface area contributed by atoms with Crippen molar-refractivity contribution < 1.29 is 9.84 Å². The highest BCUT2D eigenvalue weighted by atomic mass is 16.5. The van der Waals surface area contributed by atoms with Crippen molar-refractivity contribution in [2.75, 3.05) is 31.1 Å². The third-order valence-corrected chi connectivity index (χ3v) is 6.94. The largest absolute Gasteiger partial charge is 0.388 e. The molecule has 27 heavy (non-hydrogen) atoms. The van der Waals surface area contributed by atoms with E-state index in [1.165, 1.54) is 30.5 Å². The lowest BCUT2D eigenvalue weighted by Crippen LogP contribution is -2.60. The van der Waals surface area contributed by atoms with Gasteiger partial charge in [-0.25, -0.2) is 0 Å². The number of fused-ring (bicyclic) bond motifs is 1. The van der Waals surface area contributed by atoms with Crippen molar-refractivity contribution in [3.05, 3.63) is 29.8 Å². The summed E-state index contributed by atoms with van der Waals surface area (Å²) in [4.78, 5) is 4.96. The number of aliphatic hydroxyl groups is 1. The molecule has 4 rings (SSSR count). The molecule has 3 aliphatic heterocycles. The first-order chi connectivity index (χ1) is 12.8. The second-order valence-electron chi connectivity index (χ2n) is 9.68. The Bertz CT molecular complexity index is 634. The van der Waals surface area contributed by atoms with E-state index in [1.807, 2.05) is 0 Å². The van der Waals surface area contributed by atoms with Gasteiger partial charge in [0.2, 0.25) is 0 Å². The lowest BCUT2D eigenvalue weighted by atomic mass is 9.84. The molecule has 0 aliphatic carbocycles. The SMILES string of the molecule is Cc1ccc(N2CCC(O)(CN3CCC[C@H]4OC(C)(C)CC[C@H]43)CC2)cc1. The predicted octanol–water partition coefficient (Wildman–Crippen LogP) is 3.75. The zero-order valence-corrected chi connectivity index (χ0v) is 17.3. The van der Waals surface area contributed by atoms with Crippen molar-refractivity contribution in [2.45, 2.75) is 82.6 Å². The van der Waals surface area contributed by atoms with Crippen molar-refractivity contribution >= 4 is 5.69 Å². The molecule has 0 amide bonds. The van der Waals surface area contributed by atoms with E-state index in [2.05, 4.69) is 54.8 Å². The summed E-state index contributed by atoms with van der Waals surface area (Å²) in [7, 11) is 0. The van der Waals surface area contributed by atoms with Crippen molar-refractivity contribution in [1.82, 2.24) is 4.90 Å². The van der Waals surface area contributed by atoms with Crippen molar-refractivity contribution in [1.29, 1.82) is 0 Å². The zero-order chi connectivity index (χ0) is 19.1. The van der Waals surface area contributed by atoms with Gasteiger partial charge < -0.3 is 14.7 Å². The van der Waals surface area contributed by atoms with Gasteiger partial charge in [0.1, 0.15) is 0 Å². The highest BCUT2D eigenvalue weighted by Crippen LogP contribution is 2.37. The van der Waals surface area contributed by atoms with Crippen LogP contribution in [0.25, 0.3) is 0 Å². The topological polar surface area (TPSA) is 35.9 Å². The maximum Gasteiger partial charge on any atom is 0.0807 e. The molecule has 3 heterocycles. The molecule has 1 N–H and O–H groups in total. The van der Waals surface area contributed by atoms with E-state index < -0.39 is 5.60 Å². The van der Waals surface area contributed by atoms with Crippen LogP contribution in [0, 0.1) is 6.92 Å². The summed E-state index contributed by atoms with van der Waals surface area (Å²) >= 11 is 0. The number of rotatable bonds is 3. The maximum atomic E-state index is 11.3. The molecular weight excluding hydrogens is 336 g/mol. The fraction of sp³-hybridized carbons (Fsp3) is 0.739. The van der Waals surface area contributed by atoms with Crippen molar-refractivity contribution in [2.24, 2.45) is 0 Å². The Morgan fingerprint density at radius 1 is 1.04 bits per heavy atom. The maximum absolute atomic E-state index is 11.3. The minimum absolute atomic E-state index is 0.0143. The predicted molar refractivity (Wildman–Crippen MR) is 110 cm³/mol. The molecule has 0 spiro atoms. The van der Waals surface area contributed by atoms with Gasteiger partial charge in [0, 0.05) is 31.4 Å². The van der Waals surface area contributed by atoms with E-state index in [0.717, 1.165) is 45.4 Å². The third-order valence-electron chi connectivity index (χ3n) is 6.94. The molecule has 1 aromatic carbocycles. The molecule has 3 fully saturated rings. The average molecular weight is 373 g/mol. The Labute approximate surface area is 164 Å². The van der Waals surface area contributed by atoms with Gasteiger partial charge in [-0.3, -0.25) is 4.90 Å². The zero-order valence-electron chi connectivity index (χ0n) is 17.3. The molecular formula is C23H36N2O2. The second-order valence-corrected chi connectivity index (χ2v) is 9.68. The molecule has 0 saturated carbocycles. The standard InChI is InChI=1S/C23H36N2O2/c1-18-6-8-19(9-7-18)24-15-12-23(26,13-16-24)17-25-14-4-5-21-20(25)10-11-22(2,3)27-21/h6-9,20-21,26H,4-5,10-17H2,1-3H3/t20-,21-/m1/s1. The van der Waals surface area contributed by atoms with Crippen LogP contribution in [-0.4, -0.2) is 59.5 Å². The monoisotopic (exact) mass is 372 g/mol. The summed E-state index contributed by atoms with van der Waals surface area (Å²) in [5.41, 5.74) is 2.03. The number of β-amino-alcohol motifs (C(OH)–C–C–N with tert-alkyl or cyclic N) is 1. The summed E-state index contributed by atoms with van der Waals surface area (Å²) in [6.45, 7) is 10.3. The molecule has 2 atom stereocenters. The van der Waals surface area contributed by atoms with Gasteiger partial charge >= 0.3 is 0 Å². The van der Waals surface area contributed by atoms with Crippen LogP contribution in [0.15, 0.2) is 24.3 Å². The Kier molecular flexibility index (Phi) is 5.26. The molecule has 0 bridgehead atoms. The van der Waals surface area contributed by atoms with Gasteiger partial charge in [0.05, 0.1) is 17.3 Å². The number of ether oxygens (including phenoxy) is 1. The molecule has 150 valence electrons. The smallest absolute Gasteiger partial charge is 0.0807 e. The number of likely N-dealkylation sites (tertiary alicyclic amines) is 1. The van der Waals surface area contributed by atoms with Crippen LogP contribution in [0.5, 0.6) is 0 Å². The van der Waals surface area contributed by atoms with Crippen molar-refractivity contribution in [3.63, 3.8) is 0 Å². The van der Waals surface area contributed by atoms with Crippen LogP contribution in [0.4, 0.5) is 5.69 Å². The first kappa shape index (κ1) is 19.2. The van der Waals surface area contributed by atoms with Crippen LogP contribution in [0.1, 0.15) is 57.9 Å².